The highest BCUT2D eigenvalue weighted by Crippen LogP contribution is 2.40. The number of likely N-dealkylation sites (tertiary alicyclic amines) is 1. The Morgan fingerprint density at radius 3 is 2.12 bits per heavy atom. The molecule has 1 heterocycles. The summed E-state index contributed by atoms with van der Waals surface area (Å²) in [5.74, 6) is -14.8. The first-order valence-corrected chi connectivity index (χ1v) is 16.3. The van der Waals surface area contributed by atoms with Crippen molar-refractivity contribution in [2.24, 2.45) is 11.3 Å². The van der Waals surface area contributed by atoms with Gasteiger partial charge in [0.15, 0.2) is 29.0 Å². The van der Waals surface area contributed by atoms with Gasteiger partial charge in [0.25, 0.3) is 5.69 Å². The number of aliphatic hydroxyl groups is 1. The van der Waals surface area contributed by atoms with E-state index in [0.717, 1.165) is 17.0 Å². The van der Waals surface area contributed by atoms with Crippen LogP contribution in [0, 0.1) is 50.5 Å². The first kappa shape index (κ1) is 39.3. The molecule has 1 saturated heterocycles. The number of amides is 1. The predicted octanol–water partition coefficient (Wildman–Crippen LogP) is 7.38. The van der Waals surface area contributed by atoms with E-state index in [9.17, 15) is 51.6 Å². The molecule has 1 aliphatic rings. The van der Waals surface area contributed by atoms with Gasteiger partial charge in [-0.2, -0.15) is 0 Å². The van der Waals surface area contributed by atoms with E-state index in [1.54, 1.807) is 0 Å². The zero-order valence-electron chi connectivity index (χ0n) is 26.8. The fourth-order valence-corrected chi connectivity index (χ4v) is 6.10. The molecule has 0 aromatic heterocycles. The number of halogens is 6. The van der Waals surface area contributed by atoms with Crippen LogP contribution in [-0.4, -0.2) is 48.4 Å². The van der Waals surface area contributed by atoms with Crippen LogP contribution in [0.3, 0.4) is 0 Å². The van der Waals surface area contributed by atoms with Gasteiger partial charge < -0.3 is 14.6 Å². The number of hydrogen-bond donors (Lipinski definition) is 1. The van der Waals surface area contributed by atoms with Crippen LogP contribution in [0.25, 0.3) is 0 Å². The summed E-state index contributed by atoms with van der Waals surface area (Å²) in [7, 11) is 0. The lowest BCUT2D eigenvalue weighted by Crippen LogP contribution is -2.62. The summed E-state index contributed by atoms with van der Waals surface area (Å²) in [5, 5.41) is 19.5. The maximum absolute atomic E-state index is 14.3. The highest BCUT2D eigenvalue weighted by molar-refractivity contribution is 8.14. The number of allylic oxidation sites excluding steroid dienone is 1. The standard InChI is InChI=1S/C33H26ClF5N2O8S2/c1-14(42)19-29(34)40(30(19)44)25(32(50)48-13-15-8-10-17(11-9-15)41(46)47)26(28(43)33(2,3)4)49-18-7-5-6-16(12-18)31(45)51-27-23(38)21(36)20(35)22(37)24(27)39/h5-12,14,19,29,42H,13H2,1-4H3/t14-,19-,29-/m1/s1. The number of carbonyl (C=O) groups is 3. The van der Waals surface area contributed by atoms with E-state index in [1.165, 1.54) is 64.1 Å². The monoisotopic (exact) mass is 772 g/mol. The SMILES string of the molecule is C[C@@H](O)[C@H]1C(=O)N(C(C(=S)OCc2ccc([N+](=O)[O-])cc2)=C(Oc2cccc(C(=O)Sc3c(F)c(F)c(F)c(F)c3F)c2)C(=O)C(C)(C)C)[C@H]1Cl. The molecule has 3 aromatic carbocycles. The van der Waals surface area contributed by atoms with Crippen LogP contribution in [0.1, 0.15) is 43.6 Å². The third-order valence-corrected chi connectivity index (χ3v) is 9.05. The molecule has 0 bridgehead atoms. The van der Waals surface area contributed by atoms with Gasteiger partial charge in [-0.05, 0) is 60.7 Å². The van der Waals surface area contributed by atoms with Crippen LogP contribution in [0.15, 0.2) is 64.9 Å². The number of β-lactam (4-membered cyclic amide) rings is 1. The lowest BCUT2D eigenvalue weighted by Gasteiger charge is -2.46. The van der Waals surface area contributed by atoms with Crippen LogP contribution >= 0.6 is 35.6 Å². The van der Waals surface area contributed by atoms with Crippen LogP contribution in [0.4, 0.5) is 27.6 Å². The number of aliphatic hydroxyl groups excluding tert-OH is 1. The Labute approximate surface area is 301 Å². The van der Waals surface area contributed by atoms with Crippen LogP contribution in [-0.2, 0) is 20.9 Å². The van der Waals surface area contributed by atoms with Crippen molar-refractivity contribution in [2.45, 2.75) is 50.8 Å². The topological polar surface area (TPSA) is 136 Å². The number of ether oxygens (including phenoxy) is 2. The van der Waals surface area contributed by atoms with Gasteiger partial charge >= 0.3 is 0 Å². The van der Waals surface area contributed by atoms with Gasteiger partial charge in [-0.1, -0.05) is 44.5 Å². The number of alkyl halides is 1. The number of nitro groups is 1. The summed E-state index contributed by atoms with van der Waals surface area (Å²) in [5.41, 5.74) is -3.06. The van der Waals surface area contributed by atoms with E-state index in [1.807, 2.05) is 0 Å². The first-order valence-electron chi connectivity index (χ1n) is 14.6. The van der Waals surface area contributed by atoms with Gasteiger partial charge in [-0.3, -0.25) is 29.4 Å². The van der Waals surface area contributed by atoms with E-state index >= 15 is 0 Å². The van der Waals surface area contributed by atoms with Crippen LogP contribution in [0.5, 0.6) is 5.75 Å². The molecule has 4 rings (SSSR count). The Hall–Kier alpha value is -4.45. The zero-order valence-corrected chi connectivity index (χ0v) is 29.2. The van der Waals surface area contributed by atoms with Crippen LogP contribution < -0.4 is 4.74 Å². The first-order chi connectivity index (χ1) is 23.8. The molecule has 1 amide bonds. The van der Waals surface area contributed by atoms with Gasteiger partial charge in [-0.15, -0.1) is 0 Å². The summed E-state index contributed by atoms with van der Waals surface area (Å²) in [6.07, 6.45) is -1.22. The summed E-state index contributed by atoms with van der Waals surface area (Å²) in [4.78, 5) is 50.1. The van der Waals surface area contributed by atoms with E-state index in [0.29, 0.717) is 5.56 Å². The number of thioether (sulfide) groups is 1. The number of rotatable bonds is 11. The highest BCUT2D eigenvalue weighted by Gasteiger charge is 2.53. The molecule has 0 radical (unpaired) electrons. The molecular weight excluding hydrogens is 747 g/mol. The average Bonchev–Trinajstić information content (AvgIpc) is 3.08. The second-order valence-electron chi connectivity index (χ2n) is 12.0. The molecule has 1 aliphatic heterocycles. The van der Waals surface area contributed by atoms with Crippen molar-refractivity contribution in [2.75, 3.05) is 0 Å². The Bertz CT molecular complexity index is 1940. The Kier molecular flexibility index (Phi) is 11.9. The molecule has 3 aromatic rings. The molecule has 1 N–H and O–H groups in total. The van der Waals surface area contributed by atoms with Crippen molar-refractivity contribution < 1.29 is 55.8 Å². The Balaban J connectivity index is 1.77. The van der Waals surface area contributed by atoms with Gasteiger partial charge in [0, 0.05) is 23.1 Å². The number of non-ortho nitro benzene ring substituents is 1. The quantitative estimate of drug-likeness (QED) is 0.0171. The number of benzene rings is 3. The van der Waals surface area contributed by atoms with E-state index in [2.05, 4.69) is 0 Å². The molecule has 0 aliphatic carbocycles. The minimum atomic E-state index is -2.40. The van der Waals surface area contributed by atoms with Gasteiger partial charge in [0.2, 0.25) is 27.7 Å². The Morgan fingerprint density at radius 1 is 1.04 bits per heavy atom. The largest absolute Gasteiger partial charge is 0.477 e. The third-order valence-electron chi connectivity index (χ3n) is 7.29. The Morgan fingerprint density at radius 2 is 1.61 bits per heavy atom. The summed E-state index contributed by atoms with van der Waals surface area (Å²) in [6, 6.07) is 9.84. The number of carbonyl (C=O) groups excluding carboxylic acids is 3. The molecule has 0 unspecified atom stereocenters. The van der Waals surface area contributed by atoms with Crippen LogP contribution in [0.2, 0.25) is 0 Å². The molecule has 51 heavy (non-hydrogen) atoms. The minimum Gasteiger partial charge on any atom is -0.477 e. The van der Waals surface area contributed by atoms with E-state index in [4.69, 9.17) is 33.3 Å². The lowest BCUT2D eigenvalue weighted by atomic mass is 9.87. The molecule has 18 heteroatoms. The number of nitro benzene ring substituents is 1. The average molecular weight is 773 g/mol. The maximum Gasteiger partial charge on any atom is 0.269 e. The molecule has 0 spiro atoms. The fraction of sp³-hybridized carbons (Fsp3) is 0.273. The molecule has 3 atom stereocenters. The molecule has 10 nitrogen and oxygen atoms in total. The van der Waals surface area contributed by atoms with Crippen molar-refractivity contribution in [1.29, 1.82) is 0 Å². The van der Waals surface area contributed by atoms with E-state index < -0.39 is 95.2 Å². The number of hydrogen-bond acceptors (Lipinski definition) is 10. The van der Waals surface area contributed by atoms with Crippen molar-refractivity contribution in [3.63, 3.8) is 0 Å². The van der Waals surface area contributed by atoms with Gasteiger partial charge in [0.1, 0.15) is 23.6 Å². The zero-order chi connectivity index (χ0) is 38.1. The van der Waals surface area contributed by atoms with Crippen molar-refractivity contribution in [1.82, 2.24) is 4.90 Å². The second kappa shape index (κ2) is 15.4. The summed E-state index contributed by atoms with van der Waals surface area (Å²) in [6.45, 7) is 5.54. The molecule has 0 saturated carbocycles. The molecular formula is C33H26ClF5N2O8S2. The second-order valence-corrected chi connectivity index (χ2v) is 13.8. The highest BCUT2D eigenvalue weighted by atomic mass is 35.5. The number of Topliss-reactive ketones (excluding diaryl/α,β-unsaturated/α-hetero) is 1. The summed E-state index contributed by atoms with van der Waals surface area (Å²) < 4.78 is 81.3. The normalized spacial score (nSPS) is 16.9. The molecule has 270 valence electrons. The smallest absolute Gasteiger partial charge is 0.269 e. The lowest BCUT2D eigenvalue weighted by molar-refractivity contribution is -0.384. The van der Waals surface area contributed by atoms with Gasteiger partial charge in [0.05, 0.1) is 21.8 Å². The fourth-order valence-electron chi connectivity index (χ4n) is 4.55. The minimum absolute atomic E-state index is 0.194. The van der Waals surface area contributed by atoms with E-state index in [-0.39, 0.29) is 35.4 Å². The van der Waals surface area contributed by atoms with Crippen molar-refractivity contribution >= 4 is 63.1 Å². The number of nitrogens with zero attached hydrogens (tertiary/aromatic N) is 2. The van der Waals surface area contributed by atoms with Gasteiger partial charge in [-0.25, -0.2) is 22.0 Å². The number of ketones is 1. The third kappa shape index (κ3) is 8.21. The summed E-state index contributed by atoms with van der Waals surface area (Å²) >= 11 is 11.7. The molecule has 1 fully saturated rings. The number of thiocarbonyl (C=S) groups is 1. The maximum atomic E-state index is 14.3. The predicted molar refractivity (Wildman–Crippen MR) is 177 cm³/mol. The van der Waals surface area contributed by atoms with Crippen molar-refractivity contribution in [3.05, 3.63) is 110 Å². The van der Waals surface area contributed by atoms with Crippen molar-refractivity contribution in [3.8, 4) is 5.75 Å².